The zero-order valence-electron chi connectivity index (χ0n) is 9.48. The molecule has 0 aromatic heterocycles. The first-order valence-corrected chi connectivity index (χ1v) is 5.25. The van der Waals surface area contributed by atoms with Crippen molar-refractivity contribution in [3.63, 3.8) is 0 Å². The fraction of sp³-hybridized carbons (Fsp3) is 0.500. The number of ether oxygens (including phenoxy) is 1. The summed E-state index contributed by atoms with van der Waals surface area (Å²) in [5, 5.41) is 19.3. The molecule has 0 unspecified atom stereocenters. The van der Waals surface area contributed by atoms with Crippen LogP contribution in [0.3, 0.4) is 0 Å². The van der Waals surface area contributed by atoms with Gasteiger partial charge in [0.05, 0.1) is 6.10 Å². The summed E-state index contributed by atoms with van der Waals surface area (Å²) < 4.78 is 17.0. The Labute approximate surface area is 94.5 Å². The van der Waals surface area contributed by atoms with Crippen molar-refractivity contribution in [2.24, 2.45) is 5.92 Å². The number of phenolic OH excluding ortho intramolecular Hbond substituents is 1. The number of benzene rings is 1. The van der Waals surface area contributed by atoms with Gasteiger partial charge in [-0.05, 0) is 23.6 Å². The lowest BCUT2D eigenvalue weighted by molar-refractivity contribution is 0.126. The van der Waals surface area contributed by atoms with Gasteiger partial charge in [0.2, 0.25) is 0 Å². The van der Waals surface area contributed by atoms with E-state index in [1.807, 2.05) is 13.8 Å². The molecule has 0 radical (unpaired) electrons. The molecule has 2 N–H and O–H groups in total. The standard InChI is InChI=1S/C12H17FO3/c1-8(2)12(15)9-5-10(14)7-11(6-9)16-4-3-13/h5-8,12,14-15H,3-4H2,1-2H3/t12-/m0/s1. The predicted octanol–water partition coefficient (Wildman–Crippen LogP) is 2.43. The third-order valence-electron chi connectivity index (χ3n) is 2.23. The van der Waals surface area contributed by atoms with Gasteiger partial charge in [0, 0.05) is 6.07 Å². The van der Waals surface area contributed by atoms with Crippen LogP contribution in [0.15, 0.2) is 18.2 Å². The molecule has 16 heavy (non-hydrogen) atoms. The average molecular weight is 228 g/mol. The van der Waals surface area contributed by atoms with E-state index in [1.54, 1.807) is 6.07 Å². The van der Waals surface area contributed by atoms with Crippen molar-refractivity contribution in [1.29, 1.82) is 0 Å². The van der Waals surface area contributed by atoms with E-state index in [9.17, 15) is 14.6 Å². The molecule has 0 saturated carbocycles. The van der Waals surface area contributed by atoms with Crippen LogP contribution in [0.5, 0.6) is 11.5 Å². The van der Waals surface area contributed by atoms with Crippen molar-refractivity contribution in [1.82, 2.24) is 0 Å². The molecule has 1 atom stereocenters. The first-order chi connectivity index (χ1) is 7.54. The minimum absolute atomic E-state index is 0.00561. The van der Waals surface area contributed by atoms with Crippen molar-refractivity contribution in [2.75, 3.05) is 13.3 Å². The Balaban J connectivity index is 2.89. The second kappa shape index (κ2) is 5.70. The van der Waals surface area contributed by atoms with E-state index < -0.39 is 12.8 Å². The maximum absolute atomic E-state index is 11.9. The lowest BCUT2D eigenvalue weighted by Gasteiger charge is -2.16. The van der Waals surface area contributed by atoms with Gasteiger partial charge in [0.25, 0.3) is 0 Å². The Kier molecular flexibility index (Phi) is 4.55. The van der Waals surface area contributed by atoms with Gasteiger partial charge in [-0.25, -0.2) is 4.39 Å². The number of phenols is 1. The quantitative estimate of drug-likeness (QED) is 0.813. The molecular formula is C12H17FO3. The van der Waals surface area contributed by atoms with Gasteiger partial charge >= 0.3 is 0 Å². The molecule has 3 nitrogen and oxygen atoms in total. The Bertz CT molecular complexity index is 339. The number of aliphatic hydroxyl groups is 1. The molecule has 0 aliphatic heterocycles. The van der Waals surface area contributed by atoms with E-state index in [0.29, 0.717) is 11.3 Å². The van der Waals surface area contributed by atoms with Crippen molar-refractivity contribution >= 4 is 0 Å². The Morgan fingerprint density at radius 2 is 2.00 bits per heavy atom. The molecule has 90 valence electrons. The summed E-state index contributed by atoms with van der Waals surface area (Å²) in [7, 11) is 0. The Hall–Kier alpha value is -1.29. The van der Waals surface area contributed by atoms with Crippen molar-refractivity contribution in [3.05, 3.63) is 23.8 Å². The number of hydrogen-bond acceptors (Lipinski definition) is 3. The molecule has 1 aromatic carbocycles. The van der Waals surface area contributed by atoms with Crippen LogP contribution in [0.2, 0.25) is 0 Å². The third kappa shape index (κ3) is 3.38. The molecule has 0 bridgehead atoms. The number of alkyl halides is 1. The summed E-state index contributed by atoms with van der Waals surface area (Å²) in [5.41, 5.74) is 0.573. The summed E-state index contributed by atoms with van der Waals surface area (Å²) in [5.74, 6) is 0.411. The van der Waals surface area contributed by atoms with E-state index in [2.05, 4.69) is 0 Å². The van der Waals surface area contributed by atoms with Gasteiger partial charge in [0.15, 0.2) is 0 Å². The summed E-state index contributed by atoms with van der Waals surface area (Å²) in [6, 6.07) is 4.49. The highest BCUT2D eigenvalue weighted by molar-refractivity contribution is 5.38. The van der Waals surface area contributed by atoms with E-state index in [4.69, 9.17) is 4.74 Å². The molecule has 1 rings (SSSR count). The molecule has 0 heterocycles. The number of aromatic hydroxyl groups is 1. The molecule has 0 fully saturated rings. The minimum atomic E-state index is -0.667. The van der Waals surface area contributed by atoms with Crippen LogP contribution in [-0.4, -0.2) is 23.5 Å². The Morgan fingerprint density at radius 3 is 2.56 bits per heavy atom. The number of aliphatic hydroxyl groups excluding tert-OH is 1. The van der Waals surface area contributed by atoms with Crippen molar-refractivity contribution < 1.29 is 19.3 Å². The lowest BCUT2D eigenvalue weighted by atomic mass is 9.99. The largest absolute Gasteiger partial charge is 0.508 e. The second-order valence-electron chi connectivity index (χ2n) is 3.99. The first kappa shape index (κ1) is 12.8. The highest BCUT2D eigenvalue weighted by Gasteiger charge is 2.14. The van der Waals surface area contributed by atoms with Crippen LogP contribution >= 0.6 is 0 Å². The summed E-state index contributed by atoms with van der Waals surface area (Å²) in [4.78, 5) is 0. The summed E-state index contributed by atoms with van der Waals surface area (Å²) >= 11 is 0. The maximum Gasteiger partial charge on any atom is 0.123 e. The van der Waals surface area contributed by atoms with Gasteiger partial charge in [-0.1, -0.05) is 13.8 Å². The normalized spacial score (nSPS) is 12.8. The van der Waals surface area contributed by atoms with E-state index in [-0.39, 0.29) is 18.3 Å². The molecule has 0 aliphatic carbocycles. The van der Waals surface area contributed by atoms with Crippen molar-refractivity contribution in [3.8, 4) is 11.5 Å². The highest BCUT2D eigenvalue weighted by Crippen LogP contribution is 2.29. The molecule has 0 aliphatic rings. The zero-order chi connectivity index (χ0) is 12.1. The van der Waals surface area contributed by atoms with Gasteiger partial charge in [-0.15, -0.1) is 0 Å². The average Bonchev–Trinajstić information content (AvgIpc) is 2.24. The molecule has 0 spiro atoms. The Morgan fingerprint density at radius 1 is 1.31 bits per heavy atom. The van der Waals surface area contributed by atoms with E-state index in [1.165, 1.54) is 12.1 Å². The van der Waals surface area contributed by atoms with Crippen LogP contribution in [0.1, 0.15) is 25.5 Å². The van der Waals surface area contributed by atoms with Gasteiger partial charge in [-0.3, -0.25) is 0 Å². The van der Waals surface area contributed by atoms with Crippen LogP contribution < -0.4 is 4.74 Å². The molecule has 1 aromatic rings. The van der Waals surface area contributed by atoms with E-state index >= 15 is 0 Å². The number of hydrogen-bond donors (Lipinski definition) is 2. The third-order valence-corrected chi connectivity index (χ3v) is 2.23. The molecular weight excluding hydrogens is 211 g/mol. The predicted molar refractivity (Wildman–Crippen MR) is 59.4 cm³/mol. The fourth-order valence-corrected chi connectivity index (χ4v) is 1.40. The fourth-order valence-electron chi connectivity index (χ4n) is 1.40. The number of halogens is 1. The SMILES string of the molecule is CC(C)[C@H](O)c1cc(O)cc(OCCF)c1. The summed E-state index contributed by atoms with van der Waals surface area (Å²) in [6.45, 7) is 3.10. The number of rotatable bonds is 5. The summed E-state index contributed by atoms with van der Waals surface area (Å²) in [6.07, 6.45) is -0.667. The van der Waals surface area contributed by atoms with Crippen LogP contribution in [0.4, 0.5) is 4.39 Å². The molecule has 4 heteroatoms. The molecule has 0 amide bonds. The smallest absolute Gasteiger partial charge is 0.123 e. The van der Waals surface area contributed by atoms with Crippen LogP contribution in [-0.2, 0) is 0 Å². The van der Waals surface area contributed by atoms with Crippen LogP contribution in [0.25, 0.3) is 0 Å². The topological polar surface area (TPSA) is 49.7 Å². The zero-order valence-corrected chi connectivity index (χ0v) is 9.48. The van der Waals surface area contributed by atoms with E-state index in [0.717, 1.165) is 0 Å². The van der Waals surface area contributed by atoms with Crippen molar-refractivity contribution in [2.45, 2.75) is 20.0 Å². The minimum Gasteiger partial charge on any atom is -0.508 e. The van der Waals surface area contributed by atoms with Gasteiger partial charge in [0.1, 0.15) is 24.8 Å². The van der Waals surface area contributed by atoms with Crippen LogP contribution in [0, 0.1) is 5.92 Å². The highest BCUT2D eigenvalue weighted by atomic mass is 19.1. The molecule has 0 saturated heterocycles. The second-order valence-corrected chi connectivity index (χ2v) is 3.99. The van der Waals surface area contributed by atoms with Gasteiger partial charge in [-0.2, -0.15) is 0 Å². The maximum atomic E-state index is 11.9. The van der Waals surface area contributed by atoms with Gasteiger partial charge < -0.3 is 14.9 Å². The monoisotopic (exact) mass is 228 g/mol. The first-order valence-electron chi connectivity index (χ1n) is 5.25. The lowest BCUT2D eigenvalue weighted by Crippen LogP contribution is -2.06.